The zero-order valence-corrected chi connectivity index (χ0v) is 28.3. The molecule has 3 aromatic rings. The van der Waals surface area contributed by atoms with E-state index in [0.29, 0.717) is 24.8 Å². The van der Waals surface area contributed by atoms with Crippen LogP contribution in [0.1, 0.15) is 49.7 Å². The zero-order valence-electron chi connectivity index (χ0n) is 27.4. The van der Waals surface area contributed by atoms with E-state index in [4.69, 9.17) is 10.8 Å². The topological polar surface area (TPSA) is 253 Å². The number of hydrogen-bond acceptors (Lipinski definition) is 9. The van der Waals surface area contributed by atoms with Crippen molar-refractivity contribution in [3.05, 3.63) is 65.9 Å². The van der Waals surface area contributed by atoms with Crippen molar-refractivity contribution < 1.29 is 44.1 Å². The van der Waals surface area contributed by atoms with Crippen molar-refractivity contribution in [3.63, 3.8) is 0 Å². The minimum absolute atomic E-state index is 0.0111. The van der Waals surface area contributed by atoms with E-state index in [1.54, 1.807) is 18.3 Å². The molecule has 3 rings (SSSR count). The maximum Gasteiger partial charge on any atom is 0.327 e. The van der Waals surface area contributed by atoms with Gasteiger partial charge < -0.3 is 47.3 Å². The summed E-state index contributed by atoms with van der Waals surface area (Å²) in [5, 5.41) is 39.3. The van der Waals surface area contributed by atoms with Crippen LogP contribution in [0.4, 0.5) is 0 Å². The minimum atomic E-state index is -1.31. The second-order valence-corrected chi connectivity index (χ2v) is 12.2. The molecular weight excluding hydrogens is 668 g/mol. The van der Waals surface area contributed by atoms with E-state index in [1.165, 1.54) is 12.1 Å². The molecule has 4 atom stereocenters. The van der Waals surface area contributed by atoms with E-state index >= 15 is 0 Å². The first-order chi connectivity index (χ1) is 23.9. The van der Waals surface area contributed by atoms with Crippen molar-refractivity contribution in [2.24, 2.45) is 5.73 Å². The Morgan fingerprint density at radius 1 is 0.780 bits per heavy atom. The average molecular weight is 713 g/mol. The number of phenols is 1. The first-order valence-electron chi connectivity index (χ1n) is 16.2. The van der Waals surface area contributed by atoms with Crippen LogP contribution in [-0.2, 0) is 41.6 Å². The van der Waals surface area contributed by atoms with E-state index in [9.17, 15) is 39.0 Å². The van der Waals surface area contributed by atoms with Crippen LogP contribution in [0, 0.1) is 0 Å². The first kappa shape index (κ1) is 39.3. The number of nitrogens with two attached hydrogens (primary N) is 1. The molecule has 0 radical (unpaired) electrons. The summed E-state index contributed by atoms with van der Waals surface area (Å²) in [6.07, 6.45) is 2.80. The molecule has 0 bridgehead atoms. The molecule has 15 nitrogen and oxygen atoms in total. The van der Waals surface area contributed by atoms with Crippen LogP contribution >= 0.6 is 12.6 Å². The summed E-state index contributed by atoms with van der Waals surface area (Å²) < 4.78 is 0. The fraction of sp³-hybridized carbons (Fsp3) is 0.412. The highest BCUT2D eigenvalue weighted by molar-refractivity contribution is 7.80. The van der Waals surface area contributed by atoms with Gasteiger partial charge in [0.1, 0.15) is 23.9 Å². The van der Waals surface area contributed by atoms with Gasteiger partial charge in [0, 0.05) is 48.7 Å². The largest absolute Gasteiger partial charge is 0.508 e. The Hall–Kier alpha value is -5.09. The third kappa shape index (κ3) is 12.7. The minimum Gasteiger partial charge on any atom is -0.508 e. The number of H-pyrrole nitrogens is 1. The number of nitrogens with one attached hydrogen (secondary N) is 5. The quantitative estimate of drug-likeness (QED) is 0.0554. The van der Waals surface area contributed by atoms with Crippen LogP contribution in [0.15, 0.2) is 54.7 Å². The Bertz CT molecular complexity index is 1630. The van der Waals surface area contributed by atoms with E-state index in [0.717, 1.165) is 16.5 Å². The number of benzene rings is 2. The molecule has 0 aliphatic carbocycles. The van der Waals surface area contributed by atoms with Gasteiger partial charge in [-0.3, -0.25) is 24.0 Å². The molecule has 1 heterocycles. The normalized spacial score (nSPS) is 13.4. The van der Waals surface area contributed by atoms with Crippen LogP contribution in [0.2, 0.25) is 0 Å². The van der Waals surface area contributed by atoms with Crippen molar-refractivity contribution in [2.45, 2.75) is 75.5 Å². The van der Waals surface area contributed by atoms with Gasteiger partial charge in [0.05, 0.1) is 6.04 Å². The van der Waals surface area contributed by atoms with Gasteiger partial charge in [-0.25, -0.2) is 4.79 Å². The molecule has 270 valence electrons. The fourth-order valence-corrected chi connectivity index (χ4v) is 5.42. The number of carboxylic acid groups (broad SMARTS) is 2. The molecule has 0 aliphatic rings. The number of para-hydroxylation sites is 1. The van der Waals surface area contributed by atoms with E-state index in [1.807, 2.05) is 24.3 Å². The Kier molecular flexibility index (Phi) is 15.6. The number of phenolic OH excluding ortho intramolecular Hbond substituents is 1. The number of thiol groups is 1. The predicted molar refractivity (Wildman–Crippen MR) is 187 cm³/mol. The summed E-state index contributed by atoms with van der Waals surface area (Å²) in [5.41, 5.74) is 8.48. The fourth-order valence-electron chi connectivity index (χ4n) is 5.17. The lowest BCUT2D eigenvalue weighted by Gasteiger charge is -2.24. The number of hydrogen-bond donors (Lipinski definition) is 10. The summed E-state index contributed by atoms with van der Waals surface area (Å²) in [6, 6.07) is 8.96. The number of aliphatic carboxylic acids is 2. The van der Waals surface area contributed by atoms with Crippen molar-refractivity contribution in [1.82, 2.24) is 26.3 Å². The number of carbonyl (C=O) groups is 6. The Morgan fingerprint density at radius 2 is 1.48 bits per heavy atom. The van der Waals surface area contributed by atoms with Gasteiger partial charge in [0.15, 0.2) is 0 Å². The van der Waals surface area contributed by atoms with Crippen LogP contribution in [0.3, 0.4) is 0 Å². The highest BCUT2D eigenvalue weighted by atomic mass is 32.1. The second-order valence-electron chi connectivity index (χ2n) is 11.8. The lowest BCUT2D eigenvalue weighted by atomic mass is 10.0. The van der Waals surface area contributed by atoms with Gasteiger partial charge in [-0.2, -0.15) is 12.6 Å². The SMILES string of the molecule is N[C@@H](Cc1c[nH]c2ccccc12)C(=O)N[C@@H](CCC(=O)O)C(=O)N[C@@H](Cc1ccc(O)cc1)C(=O)NCCCCCC(=O)N[C@@H](CS)C(=O)O. The maximum absolute atomic E-state index is 13.5. The molecule has 0 saturated carbocycles. The van der Waals surface area contributed by atoms with Crippen molar-refractivity contribution in [1.29, 1.82) is 0 Å². The van der Waals surface area contributed by atoms with Gasteiger partial charge in [-0.05, 0) is 55.0 Å². The molecular formula is C34H44N6O9S. The average Bonchev–Trinajstić information content (AvgIpc) is 3.49. The number of carboxylic acids is 2. The van der Waals surface area contributed by atoms with E-state index < -0.39 is 66.2 Å². The van der Waals surface area contributed by atoms with Gasteiger partial charge in [-0.1, -0.05) is 36.8 Å². The molecule has 0 spiro atoms. The van der Waals surface area contributed by atoms with Crippen molar-refractivity contribution in [3.8, 4) is 5.75 Å². The number of aromatic nitrogens is 1. The maximum atomic E-state index is 13.5. The van der Waals surface area contributed by atoms with Crippen LogP contribution in [0.25, 0.3) is 10.9 Å². The Balaban J connectivity index is 1.62. The van der Waals surface area contributed by atoms with Gasteiger partial charge >= 0.3 is 11.9 Å². The second kappa shape index (κ2) is 19.8. The number of unbranched alkanes of at least 4 members (excludes halogenated alkanes) is 2. The molecule has 0 aliphatic heterocycles. The Labute approximate surface area is 294 Å². The number of carbonyl (C=O) groups excluding carboxylic acids is 4. The molecule has 0 saturated heterocycles. The summed E-state index contributed by atoms with van der Waals surface area (Å²) in [5.74, 6) is -4.79. The van der Waals surface area contributed by atoms with Crippen LogP contribution in [-0.4, -0.2) is 92.3 Å². The number of fused-ring (bicyclic) bond motifs is 1. The molecule has 2 aromatic carbocycles. The van der Waals surface area contributed by atoms with Crippen LogP contribution in [0.5, 0.6) is 5.75 Å². The summed E-state index contributed by atoms with van der Waals surface area (Å²) in [7, 11) is 0. The Morgan fingerprint density at radius 3 is 2.16 bits per heavy atom. The van der Waals surface area contributed by atoms with Gasteiger partial charge in [0.25, 0.3) is 0 Å². The molecule has 0 unspecified atom stereocenters. The lowest BCUT2D eigenvalue weighted by molar-refractivity contribution is -0.141. The summed E-state index contributed by atoms with van der Waals surface area (Å²) in [4.78, 5) is 77.6. The number of rotatable bonds is 21. The highest BCUT2D eigenvalue weighted by Gasteiger charge is 2.29. The number of aromatic hydroxyl groups is 1. The van der Waals surface area contributed by atoms with Crippen LogP contribution < -0.4 is 27.0 Å². The summed E-state index contributed by atoms with van der Waals surface area (Å²) >= 11 is 3.91. The van der Waals surface area contributed by atoms with Gasteiger partial charge in [-0.15, -0.1) is 0 Å². The van der Waals surface area contributed by atoms with E-state index in [2.05, 4.69) is 38.9 Å². The van der Waals surface area contributed by atoms with Crippen molar-refractivity contribution in [2.75, 3.05) is 12.3 Å². The third-order valence-electron chi connectivity index (χ3n) is 7.94. The van der Waals surface area contributed by atoms with Crippen molar-refractivity contribution >= 4 is 59.1 Å². The number of amides is 4. The first-order valence-corrected chi connectivity index (χ1v) is 16.8. The molecule has 16 heteroatoms. The molecule has 4 amide bonds. The van der Waals surface area contributed by atoms with E-state index in [-0.39, 0.29) is 43.7 Å². The number of aromatic amines is 1. The zero-order chi connectivity index (χ0) is 36.6. The molecule has 50 heavy (non-hydrogen) atoms. The monoisotopic (exact) mass is 712 g/mol. The molecule has 10 N–H and O–H groups in total. The summed E-state index contributed by atoms with van der Waals surface area (Å²) in [6.45, 7) is 0.207. The highest BCUT2D eigenvalue weighted by Crippen LogP contribution is 2.19. The standard InChI is InChI=1S/C34H44N6O9S/c35-24(17-21-18-37-25-7-4-3-6-23(21)25)31(45)39-26(13-14-30(43)44)33(47)40-27(16-20-9-11-22(41)12-10-20)32(46)36-15-5-1-2-8-29(42)38-28(19-50)34(48)49/h3-4,6-7,9-12,18,24,26-28,37,41,50H,1-2,5,8,13-17,19,35H2,(H,36,46)(H,38,42)(H,39,45)(H,40,47)(H,43,44)(H,48,49)/t24-,26-,27-,28-/m0/s1. The predicted octanol–water partition coefficient (Wildman–Crippen LogP) is 0.996. The lowest BCUT2D eigenvalue weighted by Crippen LogP contribution is -2.56. The van der Waals surface area contributed by atoms with Gasteiger partial charge in [0.2, 0.25) is 23.6 Å². The molecule has 1 aromatic heterocycles. The smallest absolute Gasteiger partial charge is 0.327 e. The molecule has 0 fully saturated rings. The third-order valence-corrected chi connectivity index (χ3v) is 8.30.